The number of aromatic nitrogens is 1. The molecule has 1 amide bonds. The monoisotopic (exact) mass is 291 g/mol. The molecule has 1 aliphatic heterocycles. The number of nitrogens with zero attached hydrogens (tertiary/aromatic N) is 2. The molecule has 1 fully saturated rings. The molecule has 6 nitrogen and oxygen atoms in total. The van der Waals surface area contributed by atoms with Crippen LogP contribution in [0.25, 0.3) is 0 Å². The van der Waals surface area contributed by atoms with E-state index in [2.05, 4.69) is 4.98 Å². The minimum absolute atomic E-state index is 0.0748. The van der Waals surface area contributed by atoms with Gasteiger partial charge in [0.05, 0.1) is 18.6 Å². The lowest BCUT2D eigenvalue weighted by Crippen LogP contribution is -2.38. The van der Waals surface area contributed by atoms with E-state index >= 15 is 0 Å². The third-order valence-corrected chi connectivity index (χ3v) is 3.90. The van der Waals surface area contributed by atoms with Gasteiger partial charge in [-0.2, -0.15) is 0 Å². The van der Waals surface area contributed by atoms with Gasteiger partial charge in [0.1, 0.15) is 5.82 Å². The second-order valence-electron chi connectivity index (χ2n) is 5.43. The zero-order valence-electron chi connectivity index (χ0n) is 12.7. The van der Waals surface area contributed by atoms with Crippen LogP contribution in [0.1, 0.15) is 34.5 Å². The second kappa shape index (κ2) is 6.11. The summed E-state index contributed by atoms with van der Waals surface area (Å²) in [5, 5.41) is 0. The summed E-state index contributed by atoms with van der Waals surface area (Å²) >= 11 is 0. The topological polar surface area (TPSA) is 85.5 Å². The van der Waals surface area contributed by atoms with Gasteiger partial charge in [-0.05, 0) is 38.3 Å². The summed E-state index contributed by atoms with van der Waals surface area (Å²) in [5.74, 6) is -0.0826. The Kier molecular flexibility index (Phi) is 4.45. The van der Waals surface area contributed by atoms with Crippen molar-refractivity contribution in [1.82, 2.24) is 4.98 Å². The first-order valence-corrected chi connectivity index (χ1v) is 7.05. The fourth-order valence-electron chi connectivity index (χ4n) is 2.84. The van der Waals surface area contributed by atoms with Crippen molar-refractivity contribution in [2.45, 2.75) is 26.7 Å². The van der Waals surface area contributed by atoms with Crippen LogP contribution in [0, 0.1) is 19.8 Å². The molecular weight excluding hydrogens is 270 g/mol. The quantitative estimate of drug-likeness (QED) is 0.845. The highest BCUT2D eigenvalue weighted by atomic mass is 16.5. The van der Waals surface area contributed by atoms with E-state index in [-0.39, 0.29) is 11.9 Å². The third kappa shape index (κ3) is 3.15. The number of ether oxygens (including phenoxy) is 1. The molecule has 2 N–H and O–H groups in total. The lowest BCUT2D eigenvalue weighted by molar-refractivity contribution is -0.146. The van der Waals surface area contributed by atoms with Gasteiger partial charge in [-0.25, -0.2) is 4.98 Å². The molecule has 114 valence electrons. The largest absolute Gasteiger partial charge is 0.469 e. The summed E-state index contributed by atoms with van der Waals surface area (Å²) in [6.45, 7) is 5.08. The van der Waals surface area contributed by atoms with Gasteiger partial charge in [-0.1, -0.05) is 0 Å². The molecule has 0 unspecified atom stereocenters. The lowest BCUT2D eigenvalue weighted by atomic mass is 9.96. The second-order valence-corrected chi connectivity index (χ2v) is 5.43. The van der Waals surface area contributed by atoms with Crippen molar-refractivity contribution in [3.05, 3.63) is 22.9 Å². The molecule has 2 rings (SSSR count). The average Bonchev–Trinajstić information content (AvgIpc) is 2.45. The van der Waals surface area contributed by atoms with Gasteiger partial charge in [0.15, 0.2) is 0 Å². The van der Waals surface area contributed by atoms with Crippen molar-refractivity contribution in [2.24, 2.45) is 11.7 Å². The van der Waals surface area contributed by atoms with Crippen molar-refractivity contribution in [1.29, 1.82) is 0 Å². The summed E-state index contributed by atoms with van der Waals surface area (Å²) in [5.41, 5.74) is 7.64. The number of anilines is 1. The summed E-state index contributed by atoms with van der Waals surface area (Å²) in [6, 6.07) is 1.85. The zero-order chi connectivity index (χ0) is 15.6. The molecule has 0 aromatic carbocycles. The number of aryl methyl sites for hydroxylation is 2. The van der Waals surface area contributed by atoms with Gasteiger partial charge in [0, 0.05) is 18.8 Å². The fourth-order valence-corrected chi connectivity index (χ4v) is 2.84. The molecule has 1 aromatic rings. The van der Waals surface area contributed by atoms with E-state index in [0.29, 0.717) is 37.3 Å². The van der Waals surface area contributed by atoms with Gasteiger partial charge >= 0.3 is 5.97 Å². The van der Waals surface area contributed by atoms with E-state index in [9.17, 15) is 9.59 Å². The first kappa shape index (κ1) is 15.3. The highest BCUT2D eigenvalue weighted by molar-refractivity contribution is 5.99. The van der Waals surface area contributed by atoms with E-state index < -0.39 is 5.91 Å². The Hall–Kier alpha value is -2.11. The lowest BCUT2D eigenvalue weighted by Gasteiger charge is -2.32. The number of carbonyl (C=O) groups excluding carboxylic acids is 2. The smallest absolute Gasteiger partial charge is 0.308 e. The molecule has 0 radical (unpaired) electrons. The van der Waals surface area contributed by atoms with Crippen LogP contribution in [0.15, 0.2) is 6.07 Å². The number of hydrogen-bond acceptors (Lipinski definition) is 5. The third-order valence-electron chi connectivity index (χ3n) is 3.90. The van der Waals surface area contributed by atoms with Crippen molar-refractivity contribution in [3.63, 3.8) is 0 Å². The Balaban J connectivity index is 2.24. The molecule has 2 heterocycles. The summed E-state index contributed by atoms with van der Waals surface area (Å²) in [6.07, 6.45) is 1.39. The highest BCUT2D eigenvalue weighted by Crippen LogP contribution is 2.27. The van der Waals surface area contributed by atoms with Gasteiger partial charge < -0.3 is 15.4 Å². The number of primary amides is 1. The van der Waals surface area contributed by atoms with Crippen LogP contribution < -0.4 is 10.6 Å². The first-order valence-electron chi connectivity index (χ1n) is 7.05. The number of piperidine rings is 1. The molecule has 1 saturated heterocycles. The number of rotatable bonds is 3. The van der Waals surface area contributed by atoms with E-state index in [4.69, 9.17) is 10.5 Å². The highest BCUT2D eigenvalue weighted by Gasteiger charge is 2.28. The van der Waals surface area contributed by atoms with Crippen LogP contribution in [0.2, 0.25) is 0 Å². The first-order chi connectivity index (χ1) is 9.93. The Morgan fingerprint density at radius 2 is 1.95 bits per heavy atom. The molecule has 0 spiro atoms. The van der Waals surface area contributed by atoms with Gasteiger partial charge in [-0.3, -0.25) is 9.59 Å². The fraction of sp³-hybridized carbons (Fsp3) is 0.533. The van der Waals surface area contributed by atoms with Crippen LogP contribution in [0.4, 0.5) is 5.82 Å². The summed E-state index contributed by atoms with van der Waals surface area (Å²) < 4.78 is 4.78. The summed E-state index contributed by atoms with van der Waals surface area (Å²) in [7, 11) is 1.41. The zero-order valence-corrected chi connectivity index (χ0v) is 12.7. The molecule has 0 saturated carbocycles. The molecule has 21 heavy (non-hydrogen) atoms. The molecule has 6 heteroatoms. The Labute approximate surface area is 124 Å². The number of methoxy groups -OCH3 is 1. The number of esters is 1. The Bertz CT molecular complexity index is 564. The number of amides is 1. The molecule has 0 bridgehead atoms. The van der Waals surface area contributed by atoms with Crippen LogP contribution in [-0.4, -0.2) is 37.1 Å². The van der Waals surface area contributed by atoms with E-state index in [1.807, 2.05) is 24.8 Å². The minimum Gasteiger partial charge on any atom is -0.469 e. The molecule has 0 atom stereocenters. The van der Waals surface area contributed by atoms with Crippen molar-refractivity contribution >= 4 is 17.7 Å². The van der Waals surface area contributed by atoms with E-state index in [0.717, 1.165) is 11.3 Å². The van der Waals surface area contributed by atoms with Crippen LogP contribution >= 0.6 is 0 Å². The number of nitrogens with two attached hydrogens (primary N) is 1. The maximum absolute atomic E-state index is 11.7. The van der Waals surface area contributed by atoms with Crippen molar-refractivity contribution in [3.8, 4) is 0 Å². The minimum atomic E-state index is -0.468. The predicted octanol–water partition coefficient (Wildman–Crippen LogP) is 1.19. The normalized spacial score (nSPS) is 15.9. The van der Waals surface area contributed by atoms with Crippen LogP contribution in [-0.2, 0) is 9.53 Å². The molecule has 0 aliphatic carbocycles. The van der Waals surface area contributed by atoms with Crippen molar-refractivity contribution in [2.75, 3.05) is 25.1 Å². The molecular formula is C15H21N3O3. The van der Waals surface area contributed by atoms with Gasteiger partial charge in [0.2, 0.25) is 0 Å². The van der Waals surface area contributed by atoms with Crippen LogP contribution in [0.5, 0.6) is 0 Å². The van der Waals surface area contributed by atoms with E-state index in [1.54, 1.807) is 0 Å². The Morgan fingerprint density at radius 3 is 2.48 bits per heavy atom. The maximum atomic E-state index is 11.7. The Morgan fingerprint density at radius 1 is 1.33 bits per heavy atom. The number of hydrogen-bond donors (Lipinski definition) is 1. The predicted molar refractivity (Wildman–Crippen MR) is 79.2 cm³/mol. The molecule has 1 aliphatic rings. The SMILES string of the molecule is COC(=O)C1CCN(c2nc(C)cc(C)c2C(N)=O)CC1. The van der Waals surface area contributed by atoms with E-state index in [1.165, 1.54) is 7.11 Å². The summed E-state index contributed by atoms with van der Waals surface area (Å²) in [4.78, 5) is 29.8. The number of pyridine rings is 1. The van der Waals surface area contributed by atoms with Crippen LogP contribution in [0.3, 0.4) is 0 Å². The van der Waals surface area contributed by atoms with Crippen molar-refractivity contribution < 1.29 is 14.3 Å². The molecule has 1 aromatic heterocycles. The van der Waals surface area contributed by atoms with Gasteiger partial charge in [-0.15, -0.1) is 0 Å². The maximum Gasteiger partial charge on any atom is 0.308 e. The van der Waals surface area contributed by atoms with Gasteiger partial charge in [0.25, 0.3) is 5.91 Å². The average molecular weight is 291 g/mol. The standard InChI is InChI=1S/C15H21N3O3/c1-9-8-10(2)17-14(12(9)13(16)19)18-6-4-11(5-7-18)15(20)21-3/h8,11H,4-7H2,1-3H3,(H2,16,19). The number of carbonyl (C=O) groups is 2.